The zero-order valence-corrected chi connectivity index (χ0v) is 15.8. The van der Waals surface area contributed by atoms with E-state index in [0.29, 0.717) is 22.1 Å². The second kappa shape index (κ2) is 7.43. The summed E-state index contributed by atoms with van der Waals surface area (Å²) < 4.78 is 14.5. The Morgan fingerprint density at radius 2 is 1.88 bits per heavy atom. The molecule has 1 aliphatic heterocycles. The summed E-state index contributed by atoms with van der Waals surface area (Å²) in [5.41, 5.74) is 2.79. The fraction of sp³-hybridized carbons (Fsp3) is 0.158. The van der Waals surface area contributed by atoms with E-state index in [-0.39, 0.29) is 16.5 Å². The molecule has 3 N–H and O–H groups in total. The first-order valence-electron chi connectivity index (χ1n) is 7.97. The van der Waals surface area contributed by atoms with E-state index in [1.165, 1.54) is 12.1 Å². The molecule has 0 saturated carbocycles. The number of hydrogen-bond acceptors (Lipinski definition) is 2. The molecule has 1 aliphatic rings. The van der Waals surface area contributed by atoms with Crippen LogP contribution in [0.1, 0.15) is 24.1 Å². The van der Waals surface area contributed by atoms with Gasteiger partial charge in [-0.25, -0.2) is 4.39 Å². The molecule has 1 heterocycles. The molecule has 0 aliphatic carbocycles. The molecule has 3 rings (SSSR count). The first-order valence-corrected chi connectivity index (χ1v) is 8.75. The smallest absolute Gasteiger partial charge is 0.255 e. The summed E-state index contributed by atoms with van der Waals surface area (Å²) in [6.45, 7) is 3.68. The molecule has 0 saturated heterocycles. The van der Waals surface area contributed by atoms with Crippen LogP contribution in [0.25, 0.3) is 0 Å². The fourth-order valence-electron chi connectivity index (χ4n) is 2.83. The summed E-state index contributed by atoms with van der Waals surface area (Å²) in [6, 6.07) is 11.0. The molecular formula is C19H17ClFN3OS. The normalized spacial score (nSPS) is 16.8. The standard InChI is InChI=1S/C19H17ClFN3OS/c1-10-6-8-12(9-7-10)23-18(25)15-11(2)22-19(26)24-17(15)16-13(20)4-3-5-14(16)21/h3-9,17H,1-2H3,(H,23,25)(H2,22,24,26). The summed E-state index contributed by atoms with van der Waals surface area (Å²) in [5, 5.41) is 9.23. The molecule has 0 spiro atoms. The summed E-state index contributed by atoms with van der Waals surface area (Å²) >= 11 is 11.4. The molecule has 0 aromatic heterocycles. The summed E-state index contributed by atoms with van der Waals surface area (Å²) in [6.07, 6.45) is 0. The lowest BCUT2D eigenvalue weighted by Gasteiger charge is -2.31. The maximum atomic E-state index is 14.5. The zero-order chi connectivity index (χ0) is 18.8. The maximum absolute atomic E-state index is 14.5. The van der Waals surface area contributed by atoms with Gasteiger partial charge in [0.1, 0.15) is 5.82 Å². The van der Waals surface area contributed by atoms with Crippen LogP contribution in [0.4, 0.5) is 10.1 Å². The number of allylic oxidation sites excluding steroid dienone is 1. The number of carbonyl (C=O) groups excluding carboxylic acids is 1. The number of aryl methyl sites for hydroxylation is 1. The second-order valence-corrected chi connectivity index (χ2v) is 6.84. The molecule has 1 unspecified atom stereocenters. The molecule has 7 heteroatoms. The van der Waals surface area contributed by atoms with E-state index in [0.717, 1.165) is 5.56 Å². The minimum Gasteiger partial charge on any atom is -0.351 e. The Morgan fingerprint density at radius 3 is 2.54 bits per heavy atom. The van der Waals surface area contributed by atoms with Crippen LogP contribution in [0.5, 0.6) is 0 Å². The van der Waals surface area contributed by atoms with Crippen LogP contribution in [-0.4, -0.2) is 11.0 Å². The van der Waals surface area contributed by atoms with E-state index in [1.54, 1.807) is 13.0 Å². The van der Waals surface area contributed by atoms with Gasteiger partial charge in [0.25, 0.3) is 5.91 Å². The number of nitrogens with one attached hydrogen (secondary N) is 3. The van der Waals surface area contributed by atoms with Gasteiger partial charge in [0.05, 0.1) is 11.6 Å². The van der Waals surface area contributed by atoms with Crippen molar-refractivity contribution < 1.29 is 9.18 Å². The molecule has 2 aromatic carbocycles. The molecule has 2 aromatic rings. The Balaban J connectivity index is 2.00. The minimum absolute atomic E-state index is 0.187. The molecule has 4 nitrogen and oxygen atoms in total. The SMILES string of the molecule is CC1=C(C(=O)Nc2ccc(C)cc2)C(c2c(F)cccc2Cl)NC(=S)N1. The molecule has 0 fully saturated rings. The van der Waals surface area contributed by atoms with Crippen molar-refractivity contribution in [1.82, 2.24) is 10.6 Å². The number of benzene rings is 2. The molecular weight excluding hydrogens is 373 g/mol. The summed E-state index contributed by atoms with van der Waals surface area (Å²) in [5.74, 6) is -0.869. The van der Waals surface area contributed by atoms with E-state index < -0.39 is 11.9 Å². The third kappa shape index (κ3) is 3.71. The van der Waals surface area contributed by atoms with Crippen LogP contribution in [0.2, 0.25) is 5.02 Å². The van der Waals surface area contributed by atoms with Crippen molar-refractivity contribution >= 4 is 40.5 Å². The number of anilines is 1. The minimum atomic E-state index is -0.789. The predicted molar refractivity (Wildman–Crippen MR) is 106 cm³/mol. The van der Waals surface area contributed by atoms with Gasteiger partial charge in [-0.05, 0) is 50.3 Å². The lowest BCUT2D eigenvalue weighted by Crippen LogP contribution is -2.46. The van der Waals surface area contributed by atoms with Gasteiger partial charge in [-0.1, -0.05) is 35.4 Å². The number of halogens is 2. The molecule has 0 radical (unpaired) electrons. The van der Waals surface area contributed by atoms with Gasteiger partial charge in [0, 0.05) is 22.0 Å². The molecule has 134 valence electrons. The van der Waals surface area contributed by atoms with Crippen molar-refractivity contribution in [2.45, 2.75) is 19.9 Å². The van der Waals surface area contributed by atoms with Gasteiger partial charge in [-0.3, -0.25) is 4.79 Å². The Morgan fingerprint density at radius 1 is 1.19 bits per heavy atom. The highest BCUT2D eigenvalue weighted by Crippen LogP contribution is 2.34. The van der Waals surface area contributed by atoms with E-state index in [4.69, 9.17) is 23.8 Å². The van der Waals surface area contributed by atoms with Crippen LogP contribution >= 0.6 is 23.8 Å². The summed E-state index contributed by atoms with van der Waals surface area (Å²) in [4.78, 5) is 12.9. The summed E-state index contributed by atoms with van der Waals surface area (Å²) in [7, 11) is 0. The fourth-order valence-corrected chi connectivity index (χ4v) is 3.38. The lowest BCUT2D eigenvalue weighted by molar-refractivity contribution is -0.113. The Bertz CT molecular complexity index is 891. The largest absolute Gasteiger partial charge is 0.351 e. The highest BCUT2D eigenvalue weighted by atomic mass is 35.5. The molecule has 1 amide bonds. The first-order chi connectivity index (χ1) is 12.4. The van der Waals surface area contributed by atoms with Gasteiger partial charge >= 0.3 is 0 Å². The second-order valence-electron chi connectivity index (χ2n) is 6.03. The molecule has 1 atom stereocenters. The zero-order valence-electron chi connectivity index (χ0n) is 14.2. The monoisotopic (exact) mass is 389 g/mol. The van der Waals surface area contributed by atoms with Crippen molar-refractivity contribution in [2.24, 2.45) is 0 Å². The van der Waals surface area contributed by atoms with Crippen molar-refractivity contribution in [3.05, 3.63) is 75.7 Å². The average molecular weight is 390 g/mol. The Labute approximate surface area is 161 Å². The maximum Gasteiger partial charge on any atom is 0.255 e. The average Bonchev–Trinajstić information content (AvgIpc) is 2.56. The molecule has 0 bridgehead atoms. The van der Waals surface area contributed by atoms with Crippen LogP contribution in [0.3, 0.4) is 0 Å². The van der Waals surface area contributed by atoms with Crippen molar-refractivity contribution in [1.29, 1.82) is 0 Å². The third-order valence-corrected chi connectivity index (χ3v) is 4.66. The highest BCUT2D eigenvalue weighted by molar-refractivity contribution is 7.80. The first kappa shape index (κ1) is 18.4. The van der Waals surface area contributed by atoms with Gasteiger partial charge in [0.15, 0.2) is 5.11 Å². The Kier molecular flexibility index (Phi) is 5.25. The number of amides is 1. The topological polar surface area (TPSA) is 53.2 Å². The van der Waals surface area contributed by atoms with Crippen LogP contribution < -0.4 is 16.0 Å². The van der Waals surface area contributed by atoms with Crippen molar-refractivity contribution in [3.8, 4) is 0 Å². The molecule has 26 heavy (non-hydrogen) atoms. The van der Waals surface area contributed by atoms with Crippen molar-refractivity contribution in [3.63, 3.8) is 0 Å². The van der Waals surface area contributed by atoms with Crippen LogP contribution in [0, 0.1) is 12.7 Å². The van der Waals surface area contributed by atoms with Gasteiger partial charge in [-0.15, -0.1) is 0 Å². The number of rotatable bonds is 3. The number of hydrogen-bond donors (Lipinski definition) is 3. The quantitative estimate of drug-likeness (QED) is 0.688. The lowest BCUT2D eigenvalue weighted by atomic mass is 9.94. The third-order valence-electron chi connectivity index (χ3n) is 4.11. The van der Waals surface area contributed by atoms with E-state index in [2.05, 4.69) is 16.0 Å². The van der Waals surface area contributed by atoms with Gasteiger partial charge in [-0.2, -0.15) is 0 Å². The van der Waals surface area contributed by atoms with Gasteiger partial charge in [0.2, 0.25) is 0 Å². The van der Waals surface area contributed by atoms with E-state index in [1.807, 2.05) is 31.2 Å². The number of carbonyl (C=O) groups is 1. The Hall–Kier alpha value is -2.44. The van der Waals surface area contributed by atoms with Crippen LogP contribution in [-0.2, 0) is 4.79 Å². The van der Waals surface area contributed by atoms with Crippen molar-refractivity contribution in [2.75, 3.05) is 5.32 Å². The van der Waals surface area contributed by atoms with Crippen LogP contribution in [0.15, 0.2) is 53.7 Å². The highest BCUT2D eigenvalue weighted by Gasteiger charge is 2.33. The van der Waals surface area contributed by atoms with E-state index >= 15 is 0 Å². The van der Waals surface area contributed by atoms with E-state index in [9.17, 15) is 9.18 Å². The predicted octanol–water partition coefficient (Wildman–Crippen LogP) is 4.22. The number of thiocarbonyl (C=S) groups is 1. The van der Waals surface area contributed by atoms with Gasteiger partial charge < -0.3 is 16.0 Å².